The fraction of sp³-hybridized carbons (Fsp3) is 0.467. The van der Waals surface area contributed by atoms with Crippen LogP contribution in [0.5, 0.6) is 5.75 Å². The number of H-pyrrole nitrogens is 1. The normalized spacial score (nSPS) is 18.3. The summed E-state index contributed by atoms with van der Waals surface area (Å²) in [6.07, 6.45) is 1.50. The van der Waals surface area contributed by atoms with E-state index >= 15 is 0 Å². The van der Waals surface area contributed by atoms with Crippen LogP contribution in [0.25, 0.3) is 10.9 Å². The van der Waals surface area contributed by atoms with E-state index in [0.717, 1.165) is 41.9 Å². The van der Waals surface area contributed by atoms with Crippen molar-refractivity contribution < 1.29 is 14.7 Å². The Morgan fingerprint density at radius 2 is 2.20 bits per heavy atom. The van der Waals surface area contributed by atoms with Gasteiger partial charge in [0.2, 0.25) is 0 Å². The number of ether oxygens (including phenoxy) is 1. The predicted octanol–water partition coefficient (Wildman–Crippen LogP) is 0.842. The van der Waals surface area contributed by atoms with Crippen molar-refractivity contribution in [3.8, 4) is 5.75 Å². The van der Waals surface area contributed by atoms with Crippen LogP contribution in [0, 0.1) is 0 Å². The van der Waals surface area contributed by atoms with Crippen LogP contribution in [0.2, 0.25) is 0 Å². The van der Waals surface area contributed by atoms with Gasteiger partial charge in [0.15, 0.2) is 0 Å². The molecule has 1 atom stereocenters. The minimum absolute atomic E-state index is 0.422. The number of rotatable bonds is 4. The number of aromatic nitrogens is 1. The highest BCUT2D eigenvalue weighted by Crippen LogP contribution is 2.27. The van der Waals surface area contributed by atoms with Crippen molar-refractivity contribution in [1.29, 1.82) is 0 Å². The molecule has 1 aromatic carbocycles. The highest BCUT2D eigenvalue weighted by molar-refractivity contribution is 7.99. The molecule has 1 aliphatic rings. The van der Waals surface area contributed by atoms with Crippen LogP contribution in [-0.2, 0) is 0 Å². The number of aliphatic hydroxyl groups excluding tert-OH is 1. The van der Waals surface area contributed by atoms with E-state index in [-0.39, 0.29) is 0 Å². The van der Waals surface area contributed by atoms with Gasteiger partial charge in [0.1, 0.15) is 18.4 Å². The predicted molar refractivity (Wildman–Crippen MR) is 82.7 cm³/mol. The fourth-order valence-electron chi connectivity index (χ4n) is 2.77. The van der Waals surface area contributed by atoms with E-state index in [9.17, 15) is 5.11 Å². The largest absolute Gasteiger partial charge is 0.497 e. The van der Waals surface area contributed by atoms with E-state index in [0.29, 0.717) is 0 Å². The molecule has 0 bridgehead atoms. The molecule has 3 rings (SSSR count). The molecular weight excluding hydrogens is 272 g/mol. The number of benzene rings is 1. The SMILES string of the molecule is COc1ccc2[nH]cc([C@H](O)C[NH+]3CCSCC3)c2c1. The van der Waals surface area contributed by atoms with Crippen LogP contribution >= 0.6 is 11.8 Å². The molecule has 1 saturated heterocycles. The van der Waals surface area contributed by atoms with Crippen LogP contribution in [0.1, 0.15) is 11.7 Å². The van der Waals surface area contributed by atoms with E-state index in [2.05, 4.69) is 4.98 Å². The van der Waals surface area contributed by atoms with Crippen LogP contribution < -0.4 is 9.64 Å². The van der Waals surface area contributed by atoms with Crippen molar-refractivity contribution in [2.45, 2.75) is 6.10 Å². The van der Waals surface area contributed by atoms with Crippen LogP contribution in [-0.4, -0.2) is 48.3 Å². The van der Waals surface area contributed by atoms with E-state index in [1.807, 2.05) is 36.2 Å². The van der Waals surface area contributed by atoms with Crippen molar-refractivity contribution in [2.24, 2.45) is 0 Å². The Morgan fingerprint density at radius 1 is 1.40 bits per heavy atom. The molecule has 2 heterocycles. The lowest BCUT2D eigenvalue weighted by Crippen LogP contribution is -3.14. The first-order valence-electron chi connectivity index (χ1n) is 7.02. The topological polar surface area (TPSA) is 49.7 Å². The maximum absolute atomic E-state index is 10.5. The summed E-state index contributed by atoms with van der Waals surface area (Å²) in [5, 5.41) is 11.6. The summed E-state index contributed by atoms with van der Waals surface area (Å²) >= 11 is 2.01. The van der Waals surface area contributed by atoms with E-state index in [1.165, 1.54) is 16.4 Å². The Labute approximate surface area is 123 Å². The Bertz CT molecular complexity index is 578. The van der Waals surface area contributed by atoms with Crippen LogP contribution in [0.15, 0.2) is 24.4 Å². The number of quaternary nitrogens is 1. The molecule has 3 N–H and O–H groups in total. The summed E-state index contributed by atoms with van der Waals surface area (Å²) in [5.74, 6) is 3.22. The van der Waals surface area contributed by atoms with Gasteiger partial charge < -0.3 is 19.7 Å². The minimum atomic E-state index is -0.422. The number of aromatic amines is 1. The van der Waals surface area contributed by atoms with Gasteiger partial charge in [-0.3, -0.25) is 0 Å². The zero-order valence-corrected chi connectivity index (χ0v) is 12.5. The number of hydrogen-bond donors (Lipinski definition) is 3. The number of methoxy groups -OCH3 is 1. The second-order valence-corrected chi connectivity index (χ2v) is 6.46. The Kier molecular flexibility index (Phi) is 4.19. The first-order chi connectivity index (χ1) is 9.78. The Hall–Kier alpha value is -1.17. The molecule has 1 aromatic heterocycles. The number of aliphatic hydroxyl groups is 1. The Morgan fingerprint density at radius 3 is 2.95 bits per heavy atom. The highest BCUT2D eigenvalue weighted by atomic mass is 32.2. The number of nitrogens with one attached hydrogen (secondary N) is 2. The maximum atomic E-state index is 10.5. The Balaban J connectivity index is 1.81. The second kappa shape index (κ2) is 6.08. The number of fused-ring (bicyclic) bond motifs is 1. The lowest BCUT2D eigenvalue weighted by molar-refractivity contribution is -0.900. The molecule has 0 unspecified atom stereocenters. The average molecular weight is 293 g/mol. The van der Waals surface area contributed by atoms with Crippen LogP contribution in [0.3, 0.4) is 0 Å². The standard InChI is InChI=1S/C15H20N2O2S/c1-19-11-2-3-14-12(8-11)13(9-16-14)15(18)10-17-4-6-20-7-5-17/h2-3,8-9,15-16,18H,4-7,10H2,1H3/p+1/t15-/m1/s1. The van der Waals surface area contributed by atoms with E-state index in [4.69, 9.17) is 4.74 Å². The summed E-state index contributed by atoms with van der Waals surface area (Å²) in [4.78, 5) is 4.72. The van der Waals surface area contributed by atoms with Gasteiger partial charge in [-0.05, 0) is 18.2 Å². The molecule has 1 aliphatic heterocycles. The zero-order chi connectivity index (χ0) is 13.9. The minimum Gasteiger partial charge on any atom is -0.497 e. The van der Waals surface area contributed by atoms with Crippen molar-refractivity contribution in [3.63, 3.8) is 0 Å². The molecule has 1 fully saturated rings. The van der Waals surface area contributed by atoms with Gasteiger partial charge in [0.05, 0.1) is 20.2 Å². The summed E-state index contributed by atoms with van der Waals surface area (Å²) in [6, 6.07) is 5.92. The summed E-state index contributed by atoms with van der Waals surface area (Å²) in [7, 11) is 1.67. The molecule has 5 heteroatoms. The van der Waals surface area contributed by atoms with Gasteiger partial charge >= 0.3 is 0 Å². The van der Waals surface area contributed by atoms with Crippen LogP contribution in [0.4, 0.5) is 0 Å². The molecule has 0 radical (unpaired) electrons. The van der Waals surface area contributed by atoms with Gasteiger partial charge in [-0.15, -0.1) is 0 Å². The van der Waals surface area contributed by atoms with E-state index in [1.54, 1.807) is 7.11 Å². The monoisotopic (exact) mass is 293 g/mol. The van der Waals surface area contributed by atoms with Crippen molar-refractivity contribution in [2.75, 3.05) is 38.2 Å². The summed E-state index contributed by atoms with van der Waals surface area (Å²) in [5.41, 5.74) is 2.02. The van der Waals surface area contributed by atoms with Crippen molar-refractivity contribution in [3.05, 3.63) is 30.0 Å². The molecule has 4 nitrogen and oxygen atoms in total. The first-order valence-corrected chi connectivity index (χ1v) is 8.18. The molecule has 20 heavy (non-hydrogen) atoms. The quantitative estimate of drug-likeness (QED) is 0.783. The van der Waals surface area contributed by atoms with E-state index < -0.39 is 6.10 Å². The fourth-order valence-corrected chi connectivity index (χ4v) is 3.84. The number of thioether (sulfide) groups is 1. The molecule has 108 valence electrons. The average Bonchev–Trinajstić information content (AvgIpc) is 2.91. The molecule has 0 spiro atoms. The van der Waals surface area contributed by atoms with Gasteiger partial charge in [0.25, 0.3) is 0 Å². The first kappa shape index (κ1) is 13.8. The lowest BCUT2D eigenvalue weighted by atomic mass is 10.1. The van der Waals surface area contributed by atoms with Gasteiger partial charge in [-0.1, -0.05) is 0 Å². The van der Waals surface area contributed by atoms with Gasteiger partial charge in [-0.25, -0.2) is 0 Å². The molecule has 0 amide bonds. The molecule has 0 saturated carbocycles. The lowest BCUT2D eigenvalue weighted by Gasteiger charge is -2.25. The summed E-state index contributed by atoms with van der Waals surface area (Å²) < 4.78 is 5.27. The smallest absolute Gasteiger partial charge is 0.130 e. The highest BCUT2D eigenvalue weighted by Gasteiger charge is 2.21. The third-order valence-corrected chi connectivity index (χ3v) is 4.95. The van der Waals surface area contributed by atoms with Gasteiger partial charge in [0, 0.05) is 34.2 Å². The summed E-state index contributed by atoms with van der Waals surface area (Å²) in [6.45, 7) is 3.07. The van der Waals surface area contributed by atoms with Crippen molar-refractivity contribution in [1.82, 2.24) is 4.98 Å². The second-order valence-electron chi connectivity index (χ2n) is 5.24. The molecule has 0 aliphatic carbocycles. The van der Waals surface area contributed by atoms with Crippen molar-refractivity contribution >= 4 is 22.7 Å². The molecular formula is C15H21N2O2S+. The maximum Gasteiger partial charge on any atom is 0.130 e. The third-order valence-electron chi connectivity index (χ3n) is 3.96. The zero-order valence-electron chi connectivity index (χ0n) is 11.7. The number of hydrogen-bond acceptors (Lipinski definition) is 3. The van der Waals surface area contributed by atoms with Gasteiger partial charge in [-0.2, -0.15) is 11.8 Å². The molecule has 2 aromatic rings. The third kappa shape index (κ3) is 2.80.